The van der Waals surface area contributed by atoms with E-state index in [0.29, 0.717) is 35.2 Å². The normalized spacial score (nSPS) is 14.7. The lowest BCUT2D eigenvalue weighted by atomic mass is 9.89. The third kappa shape index (κ3) is 4.09. The van der Waals surface area contributed by atoms with Crippen molar-refractivity contribution in [3.8, 4) is 6.07 Å². The first-order valence-electron chi connectivity index (χ1n) is 9.83. The van der Waals surface area contributed by atoms with Gasteiger partial charge in [0.25, 0.3) is 0 Å². The third-order valence-electron chi connectivity index (χ3n) is 5.21. The Labute approximate surface area is 184 Å². The molecular weight excluding hydrogens is 414 g/mol. The minimum absolute atomic E-state index is 0.0871. The number of nitriles is 1. The molecule has 3 heterocycles. The van der Waals surface area contributed by atoms with Gasteiger partial charge in [-0.3, -0.25) is 9.20 Å². The highest BCUT2D eigenvalue weighted by Crippen LogP contribution is 2.38. The number of benzene rings is 1. The second-order valence-electron chi connectivity index (χ2n) is 8.02. The number of rotatable bonds is 5. The maximum absolute atomic E-state index is 11.7. The SMILES string of the molecule is COC(=O)CSc1nnc2c3c(c(C#N)c(Nc4ccc(C)cc4)n12)CC(C)(C)OC3. The van der Waals surface area contributed by atoms with Gasteiger partial charge in [0.2, 0.25) is 0 Å². The molecule has 0 bridgehead atoms. The number of nitrogens with zero attached hydrogens (tertiary/aromatic N) is 4. The second kappa shape index (κ2) is 8.21. The van der Waals surface area contributed by atoms with E-state index in [1.54, 1.807) is 4.40 Å². The molecule has 0 atom stereocenters. The summed E-state index contributed by atoms with van der Waals surface area (Å²) in [6.07, 6.45) is 0.585. The number of aryl methyl sites for hydroxylation is 1. The molecule has 0 radical (unpaired) electrons. The lowest BCUT2D eigenvalue weighted by Gasteiger charge is -2.33. The van der Waals surface area contributed by atoms with E-state index in [1.807, 2.05) is 45.0 Å². The number of methoxy groups -OCH3 is 1. The molecule has 0 fully saturated rings. The van der Waals surface area contributed by atoms with Crippen LogP contribution in [0.3, 0.4) is 0 Å². The van der Waals surface area contributed by atoms with E-state index in [2.05, 4.69) is 21.6 Å². The molecule has 0 saturated carbocycles. The van der Waals surface area contributed by atoms with Crippen LogP contribution in [0.5, 0.6) is 0 Å². The second-order valence-corrected chi connectivity index (χ2v) is 8.96. The van der Waals surface area contributed by atoms with Crippen molar-refractivity contribution in [1.82, 2.24) is 14.6 Å². The molecule has 1 aromatic carbocycles. The number of hydrogen-bond donors (Lipinski definition) is 1. The van der Waals surface area contributed by atoms with Crippen LogP contribution >= 0.6 is 11.8 Å². The number of aromatic nitrogens is 3. The van der Waals surface area contributed by atoms with Crippen molar-refractivity contribution in [3.05, 3.63) is 46.5 Å². The van der Waals surface area contributed by atoms with Gasteiger partial charge in [0, 0.05) is 17.7 Å². The van der Waals surface area contributed by atoms with Crippen LogP contribution in [-0.2, 0) is 27.3 Å². The van der Waals surface area contributed by atoms with Crippen LogP contribution in [0.2, 0.25) is 0 Å². The number of carbonyl (C=O) groups is 1. The molecule has 2 aromatic heterocycles. The van der Waals surface area contributed by atoms with E-state index in [9.17, 15) is 10.1 Å². The van der Waals surface area contributed by atoms with Crippen molar-refractivity contribution in [1.29, 1.82) is 5.26 Å². The summed E-state index contributed by atoms with van der Waals surface area (Å²) in [5, 5.41) is 22.7. The molecule has 0 spiro atoms. The number of esters is 1. The van der Waals surface area contributed by atoms with Crippen LogP contribution in [0.25, 0.3) is 5.65 Å². The first-order chi connectivity index (χ1) is 14.8. The summed E-state index contributed by atoms with van der Waals surface area (Å²) in [7, 11) is 1.35. The zero-order valence-electron chi connectivity index (χ0n) is 17.9. The van der Waals surface area contributed by atoms with Gasteiger partial charge in [0.15, 0.2) is 10.8 Å². The zero-order valence-corrected chi connectivity index (χ0v) is 18.7. The van der Waals surface area contributed by atoms with Crippen LogP contribution in [0.15, 0.2) is 29.4 Å². The first-order valence-corrected chi connectivity index (χ1v) is 10.8. The van der Waals surface area contributed by atoms with Crippen LogP contribution in [0.1, 0.15) is 36.1 Å². The lowest BCUT2D eigenvalue weighted by molar-refractivity contribution is -0.137. The average Bonchev–Trinajstić information content (AvgIpc) is 3.17. The molecule has 1 aliphatic rings. The van der Waals surface area contributed by atoms with Gasteiger partial charge in [-0.25, -0.2) is 0 Å². The number of pyridine rings is 1. The topological polar surface area (TPSA) is 102 Å². The number of thioether (sulfide) groups is 1. The van der Waals surface area contributed by atoms with Crippen molar-refractivity contribution >= 4 is 34.9 Å². The van der Waals surface area contributed by atoms with Gasteiger partial charge in [0.1, 0.15) is 11.9 Å². The molecule has 0 saturated heterocycles. The quantitative estimate of drug-likeness (QED) is 0.475. The van der Waals surface area contributed by atoms with Gasteiger partial charge in [-0.15, -0.1) is 10.2 Å². The molecular formula is C22H23N5O3S. The summed E-state index contributed by atoms with van der Waals surface area (Å²) in [6, 6.07) is 10.3. The van der Waals surface area contributed by atoms with Gasteiger partial charge in [-0.1, -0.05) is 29.5 Å². The summed E-state index contributed by atoms with van der Waals surface area (Å²) in [5.74, 6) is 0.303. The van der Waals surface area contributed by atoms with E-state index >= 15 is 0 Å². The zero-order chi connectivity index (χ0) is 22.2. The molecule has 0 unspecified atom stereocenters. The Morgan fingerprint density at radius 1 is 1.32 bits per heavy atom. The molecule has 31 heavy (non-hydrogen) atoms. The van der Waals surface area contributed by atoms with Crippen LogP contribution < -0.4 is 5.32 Å². The van der Waals surface area contributed by atoms with Gasteiger partial charge >= 0.3 is 5.97 Å². The Kier molecular flexibility index (Phi) is 5.60. The Morgan fingerprint density at radius 2 is 2.06 bits per heavy atom. The Balaban J connectivity index is 1.92. The van der Waals surface area contributed by atoms with E-state index < -0.39 is 0 Å². The highest BCUT2D eigenvalue weighted by atomic mass is 32.2. The Hall–Kier alpha value is -3.09. The van der Waals surface area contributed by atoms with Crippen molar-refractivity contribution in [2.75, 3.05) is 18.2 Å². The van der Waals surface area contributed by atoms with Crippen LogP contribution in [0.4, 0.5) is 11.5 Å². The summed E-state index contributed by atoms with van der Waals surface area (Å²) >= 11 is 1.21. The molecule has 1 aliphatic heterocycles. The van der Waals surface area contributed by atoms with Crippen molar-refractivity contribution in [2.45, 2.75) is 44.6 Å². The molecule has 8 nitrogen and oxygen atoms in total. The van der Waals surface area contributed by atoms with Crippen LogP contribution in [-0.4, -0.2) is 39.0 Å². The van der Waals surface area contributed by atoms with Crippen LogP contribution in [0, 0.1) is 18.3 Å². The number of fused-ring (bicyclic) bond motifs is 3. The Bertz CT molecular complexity index is 1190. The van der Waals surface area contributed by atoms with E-state index in [4.69, 9.17) is 9.47 Å². The summed E-state index contributed by atoms with van der Waals surface area (Å²) < 4.78 is 12.6. The van der Waals surface area contributed by atoms with Crippen molar-refractivity contribution in [3.63, 3.8) is 0 Å². The third-order valence-corrected chi connectivity index (χ3v) is 6.11. The first kappa shape index (κ1) is 21.2. The molecule has 0 aliphatic carbocycles. The predicted octanol–water partition coefficient (Wildman–Crippen LogP) is 3.77. The highest BCUT2D eigenvalue weighted by Gasteiger charge is 2.33. The number of hydrogen-bond acceptors (Lipinski definition) is 8. The van der Waals surface area contributed by atoms with E-state index in [-0.39, 0.29) is 17.3 Å². The molecule has 4 rings (SSSR count). The lowest BCUT2D eigenvalue weighted by Crippen LogP contribution is -2.33. The fraction of sp³-hybridized carbons (Fsp3) is 0.364. The molecule has 1 N–H and O–H groups in total. The summed E-state index contributed by atoms with van der Waals surface area (Å²) in [5.41, 5.74) is 4.50. The number of ether oxygens (including phenoxy) is 2. The van der Waals surface area contributed by atoms with Gasteiger partial charge in [-0.2, -0.15) is 5.26 Å². The average molecular weight is 438 g/mol. The Morgan fingerprint density at radius 3 is 2.74 bits per heavy atom. The minimum Gasteiger partial charge on any atom is -0.468 e. The summed E-state index contributed by atoms with van der Waals surface area (Å²) in [4.78, 5) is 11.7. The van der Waals surface area contributed by atoms with E-state index in [1.165, 1.54) is 18.9 Å². The summed E-state index contributed by atoms with van der Waals surface area (Å²) in [6.45, 7) is 6.38. The maximum atomic E-state index is 11.7. The fourth-order valence-electron chi connectivity index (χ4n) is 3.59. The number of anilines is 2. The van der Waals surface area contributed by atoms with Crippen molar-refractivity contribution in [2.24, 2.45) is 0 Å². The van der Waals surface area contributed by atoms with Gasteiger partial charge in [-0.05, 0) is 38.5 Å². The van der Waals surface area contributed by atoms with Gasteiger partial charge < -0.3 is 14.8 Å². The van der Waals surface area contributed by atoms with Gasteiger partial charge in [0.05, 0.1) is 30.6 Å². The number of carbonyl (C=O) groups excluding carboxylic acids is 1. The predicted molar refractivity (Wildman–Crippen MR) is 117 cm³/mol. The fourth-order valence-corrected chi connectivity index (χ4v) is 4.36. The smallest absolute Gasteiger partial charge is 0.316 e. The maximum Gasteiger partial charge on any atom is 0.316 e. The molecule has 9 heteroatoms. The molecule has 160 valence electrons. The molecule has 0 amide bonds. The standard InChI is InChI=1S/C22H23N5O3S/c1-13-5-7-14(8-6-13)24-19-16(10-23)15-9-22(2,3)30-11-17(15)20-25-26-21(27(19)20)31-12-18(28)29-4/h5-8,24H,9,11-12H2,1-4H3. The number of nitrogens with one attached hydrogen (secondary N) is 1. The minimum atomic E-state index is -0.388. The highest BCUT2D eigenvalue weighted by molar-refractivity contribution is 7.99. The molecule has 3 aromatic rings. The van der Waals surface area contributed by atoms with Crippen molar-refractivity contribution < 1.29 is 14.3 Å². The monoisotopic (exact) mass is 437 g/mol. The largest absolute Gasteiger partial charge is 0.468 e. The van der Waals surface area contributed by atoms with E-state index in [0.717, 1.165) is 22.4 Å².